The summed E-state index contributed by atoms with van der Waals surface area (Å²) in [7, 11) is 0. The van der Waals surface area contributed by atoms with Crippen LogP contribution in [0.15, 0.2) is 28.0 Å². The molecule has 116 valence electrons. The van der Waals surface area contributed by atoms with Gasteiger partial charge in [0, 0.05) is 34.8 Å². The Hall–Kier alpha value is -1.86. The molecule has 22 heavy (non-hydrogen) atoms. The third-order valence-corrected chi connectivity index (χ3v) is 4.70. The van der Waals surface area contributed by atoms with Gasteiger partial charge in [0.25, 0.3) is 0 Å². The summed E-state index contributed by atoms with van der Waals surface area (Å²) in [4.78, 5) is 23.9. The summed E-state index contributed by atoms with van der Waals surface area (Å²) in [5.41, 5.74) is 5.06. The molecule has 0 unspecified atom stereocenters. The smallest absolute Gasteiger partial charge is 0.341 e. The molecule has 1 aliphatic carbocycles. The van der Waals surface area contributed by atoms with Crippen LogP contribution in [0.1, 0.15) is 29.2 Å². The number of pyridine rings is 1. The maximum atomic E-state index is 14.1. The van der Waals surface area contributed by atoms with Gasteiger partial charge in [-0.25, -0.2) is 9.18 Å². The number of benzene rings is 1. The highest BCUT2D eigenvalue weighted by Gasteiger charge is 2.27. The molecule has 1 fully saturated rings. The number of carboxylic acids is 1. The van der Waals surface area contributed by atoms with E-state index in [9.17, 15) is 14.0 Å². The molecular weight excluding hydrogens is 307 g/mol. The molecule has 3 N–H and O–H groups in total. The number of nitrogens with two attached hydrogens (primary N) is 1. The number of thioether (sulfide) groups is 1. The average Bonchev–Trinajstić information content (AvgIpc) is 3.30. The number of carbonyl (C=O) groups is 1. The van der Waals surface area contributed by atoms with Gasteiger partial charge in [-0.15, -0.1) is 11.8 Å². The maximum Gasteiger partial charge on any atom is 0.341 e. The molecule has 1 aliphatic rings. The normalized spacial score (nSPS) is 14.5. The van der Waals surface area contributed by atoms with Crippen LogP contribution >= 0.6 is 11.8 Å². The van der Waals surface area contributed by atoms with Crippen molar-refractivity contribution in [3.63, 3.8) is 0 Å². The summed E-state index contributed by atoms with van der Waals surface area (Å²) in [6, 6.07) is 2.94. The van der Waals surface area contributed by atoms with Crippen LogP contribution in [0.25, 0.3) is 10.9 Å². The van der Waals surface area contributed by atoms with Crippen molar-refractivity contribution in [1.82, 2.24) is 4.57 Å². The third kappa shape index (κ3) is 2.62. The molecular formula is C15H15FN2O3S. The number of hydrogen-bond acceptors (Lipinski definition) is 4. The Morgan fingerprint density at radius 2 is 2.18 bits per heavy atom. The quantitative estimate of drug-likeness (QED) is 0.825. The minimum Gasteiger partial charge on any atom is -0.477 e. The first kappa shape index (κ1) is 15.1. The predicted molar refractivity (Wildman–Crippen MR) is 83.2 cm³/mol. The van der Waals surface area contributed by atoms with Gasteiger partial charge in [-0.05, 0) is 25.0 Å². The fourth-order valence-electron chi connectivity index (χ4n) is 2.44. The monoisotopic (exact) mass is 322 g/mol. The van der Waals surface area contributed by atoms with Crippen LogP contribution in [0.3, 0.4) is 0 Å². The number of carboxylic acid groups (broad SMARTS) is 1. The topological polar surface area (TPSA) is 85.3 Å². The van der Waals surface area contributed by atoms with Gasteiger partial charge in [0.05, 0.1) is 5.52 Å². The van der Waals surface area contributed by atoms with Crippen LogP contribution in [0.2, 0.25) is 0 Å². The first-order valence-electron chi connectivity index (χ1n) is 6.97. The second kappa shape index (κ2) is 5.73. The Bertz CT molecular complexity index is 815. The third-order valence-electron chi connectivity index (χ3n) is 3.63. The maximum absolute atomic E-state index is 14.1. The van der Waals surface area contributed by atoms with Gasteiger partial charge in [-0.1, -0.05) is 0 Å². The summed E-state index contributed by atoms with van der Waals surface area (Å²) in [6.45, 7) is 0.426. The molecule has 0 aliphatic heterocycles. The Labute approximate surface area is 129 Å². The van der Waals surface area contributed by atoms with E-state index in [0.717, 1.165) is 18.9 Å². The minimum atomic E-state index is -1.29. The van der Waals surface area contributed by atoms with Crippen LogP contribution in [0.4, 0.5) is 4.39 Å². The molecule has 1 saturated carbocycles. The average molecular weight is 322 g/mol. The molecule has 0 atom stereocenters. The van der Waals surface area contributed by atoms with Crippen LogP contribution in [0, 0.1) is 5.82 Å². The van der Waals surface area contributed by atoms with E-state index in [1.54, 1.807) is 10.6 Å². The summed E-state index contributed by atoms with van der Waals surface area (Å²) in [5.74, 6) is -1.24. The van der Waals surface area contributed by atoms with Crippen LogP contribution in [-0.4, -0.2) is 27.9 Å². The van der Waals surface area contributed by atoms with E-state index in [4.69, 9.17) is 10.8 Å². The first-order chi connectivity index (χ1) is 10.5. The predicted octanol–water partition coefficient (Wildman–Crippen LogP) is 2.22. The zero-order chi connectivity index (χ0) is 15.9. The summed E-state index contributed by atoms with van der Waals surface area (Å²) in [6.07, 6.45) is 3.24. The lowest BCUT2D eigenvalue weighted by Crippen LogP contribution is -2.19. The lowest BCUT2D eigenvalue weighted by atomic mass is 10.1. The van der Waals surface area contributed by atoms with E-state index in [1.165, 1.54) is 18.0 Å². The molecule has 0 amide bonds. The number of rotatable bonds is 5. The van der Waals surface area contributed by atoms with Crippen LogP contribution < -0.4 is 11.2 Å². The zero-order valence-corrected chi connectivity index (χ0v) is 12.5. The highest BCUT2D eigenvalue weighted by atomic mass is 32.2. The minimum absolute atomic E-state index is 0.112. The van der Waals surface area contributed by atoms with Gasteiger partial charge in [0.15, 0.2) is 0 Å². The molecule has 0 radical (unpaired) electrons. The number of halogens is 1. The van der Waals surface area contributed by atoms with Gasteiger partial charge in [-0.2, -0.15) is 0 Å². The molecule has 0 saturated heterocycles. The number of fused-ring (bicyclic) bond motifs is 1. The van der Waals surface area contributed by atoms with E-state index in [2.05, 4.69) is 0 Å². The summed E-state index contributed by atoms with van der Waals surface area (Å²) < 4.78 is 15.9. The van der Waals surface area contributed by atoms with Gasteiger partial charge < -0.3 is 15.4 Å². The van der Waals surface area contributed by atoms with Crippen molar-refractivity contribution in [2.45, 2.75) is 23.8 Å². The second-order valence-electron chi connectivity index (χ2n) is 5.25. The van der Waals surface area contributed by atoms with Crippen LogP contribution in [0.5, 0.6) is 0 Å². The summed E-state index contributed by atoms with van der Waals surface area (Å²) >= 11 is 1.29. The van der Waals surface area contributed by atoms with E-state index in [0.29, 0.717) is 22.7 Å². The SMILES string of the molecule is NCCSc1cc2c(cc1F)c(=O)c(C(=O)O)cn2C1CC1. The highest BCUT2D eigenvalue weighted by Crippen LogP contribution is 2.38. The second-order valence-corrected chi connectivity index (χ2v) is 6.39. The number of nitrogens with zero attached hydrogens (tertiary/aromatic N) is 1. The molecule has 1 aromatic carbocycles. The molecule has 3 rings (SSSR count). The van der Waals surface area contributed by atoms with Crippen molar-refractivity contribution in [2.24, 2.45) is 5.73 Å². The van der Waals surface area contributed by atoms with E-state index < -0.39 is 17.2 Å². The Kier molecular flexibility index (Phi) is 3.92. The van der Waals surface area contributed by atoms with Gasteiger partial charge in [-0.3, -0.25) is 4.79 Å². The molecule has 7 heteroatoms. The fraction of sp³-hybridized carbons (Fsp3) is 0.333. The lowest BCUT2D eigenvalue weighted by Gasteiger charge is -2.13. The first-order valence-corrected chi connectivity index (χ1v) is 7.96. The Morgan fingerprint density at radius 3 is 2.77 bits per heavy atom. The largest absolute Gasteiger partial charge is 0.477 e. The van der Waals surface area contributed by atoms with Crippen molar-refractivity contribution in [2.75, 3.05) is 12.3 Å². The van der Waals surface area contributed by atoms with Crippen molar-refractivity contribution < 1.29 is 14.3 Å². The molecule has 0 bridgehead atoms. The lowest BCUT2D eigenvalue weighted by molar-refractivity contribution is 0.0695. The van der Waals surface area contributed by atoms with E-state index >= 15 is 0 Å². The van der Waals surface area contributed by atoms with Crippen molar-refractivity contribution in [1.29, 1.82) is 0 Å². The van der Waals surface area contributed by atoms with Gasteiger partial charge in [0.2, 0.25) is 5.43 Å². The number of aromatic nitrogens is 1. The fourth-order valence-corrected chi connectivity index (χ4v) is 3.17. The highest BCUT2D eigenvalue weighted by molar-refractivity contribution is 7.99. The Morgan fingerprint density at radius 1 is 1.45 bits per heavy atom. The molecule has 1 heterocycles. The van der Waals surface area contributed by atoms with Crippen molar-refractivity contribution in [3.8, 4) is 0 Å². The number of aromatic carboxylic acids is 1. The van der Waals surface area contributed by atoms with E-state index in [-0.39, 0.29) is 17.0 Å². The molecule has 5 nitrogen and oxygen atoms in total. The van der Waals surface area contributed by atoms with Gasteiger partial charge >= 0.3 is 5.97 Å². The van der Waals surface area contributed by atoms with Crippen LogP contribution in [-0.2, 0) is 0 Å². The van der Waals surface area contributed by atoms with Gasteiger partial charge in [0.1, 0.15) is 11.4 Å². The Balaban J connectivity index is 2.27. The standard InChI is InChI=1S/C15H15FN2O3S/c16-11-5-9-12(6-13(11)22-4-3-17)18(8-1-2-8)7-10(14(9)19)15(20)21/h5-8H,1-4,17H2,(H,20,21). The van der Waals surface area contributed by atoms with E-state index in [1.807, 2.05) is 0 Å². The zero-order valence-electron chi connectivity index (χ0n) is 11.7. The summed E-state index contributed by atoms with van der Waals surface area (Å²) in [5, 5.41) is 9.28. The van der Waals surface area contributed by atoms with Crippen molar-refractivity contribution >= 4 is 28.6 Å². The molecule has 0 spiro atoms. The molecule has 2 aromatic rings. The van der Waals surface area contributed by atoms with Crippen molar-refractivity contribution in [3.05, 3.63) is 39.9 Å². The number of hydrogen-bond donors (Lipinski definition) is 2. The molecule has 1 aromatic heterocycles.